The first-order valence-electron chi connectivity index (χ1n) is 6.18. The second-order valence-corrected chi connectivity index (χ2v) is 5.33. The predicted octanol–water partition coefficient (Wildman–Crippen LogP) is 2.77. The summed E-state index contributed by atoms with van der Waals surface area (Å²) in [5.74, 6) is 0. The van der Waals surface area contributed by atoms with Gasteiger partial charge in [-0.15, -0.1) is 0 Å². The van der Waals surface area contributed by atoms with E-state index in [1.165, 1.54) is 5.56 Å². The molecule has 5 heteroatoms. The van der Waals surface area contributed by atoms with Gasteiger partial charge >= 0.3 is 6.03 Å². The lowest BCUT2D eigenvalue weighted by Crippen LogP contribution is -2.31. The summed E-state index contributed by atoms with van der Waals surface area (Å²) in [6, 6.07) is 9.58. The standard InChI is InChI=1S/C14H15N3OS/c15-12-3-1-2-4-13(12)17-7-6-16(14(17)18)9-11-5-8-19-10-11/h1-5,8,10H,6-7,9,15H2. The minimum absolute atomic E-state index is 0.0316. The van der Waals surface area contributed by atoms with E-state index in [4.69, 9.17) is 5.73 Å². The van der Waals surface area contributed by atoms with Gasteiger partial charge in [-0.2, -0.15) is 11.3 Å². The van der Waals surface area contributed by atoms with E-state index in [-0.39, 0.29) is 6.03 Å². The number of nitrogens with two attached hydrogens (primary N) is 1. The first kappa shape index (κ1) is 12.0. The van der Waals surface area contributed by atoms with Crippen molar-refractivity contribution in [3.63, 3.8) is 0 Å². The van der Waals surface area contributed by atoms with Gasteiger partial charge in [-0.05, 0) is 34.5 Å². The van der Waals surface area contributed by atoms with Crippen LogP contribution in [-0.4, -0.2) is 24.0 Å². The number of urea groups is 1. The molecular weight excluding hydrogens is 258 g/mol. The maximum atomic E-state index is 12.4. The van der Waals surface area contributed by atoms with Crippen LogP contribution in [0.25, 0.3) is 0 Å². The van der Waals surface area contributed by atoms with Crippen molar-refractivity contribution in [2.45, 2.75) is 6.54 Å². The summed E-state index contributed by atoms with van der Waals surface area (Å²) >= 11 is 1.65. The molecule has 0 unspecified atom stereocenters. The van der Waals surface area contributed by atoms with Gasteiger partial charge in [0.2, 0.25) is 0 Å². The summed E-state index contributed by atoms with van der Waals surface area (Å²) in [4.78, 5) is 16.0. The Morgan fingerprint density at radius 2 is 2.05 bits per heavy atom. The second-order valence-electron chi connectivity index (χ2n) is 4.55. The summed E-state index contributed by atoms with van der Waals surface area (Å²) in [7, 11) is 0. The number of carbonyl (C=O) groups is 1. The van der Waals surface area contributed by atoms with Crippen molar-refractivity contribution in [1.82, 2.24) is 4.90 Å². The van der Waals surface area contributed by atoms with Crippen LogP contribution in [0.2, 0.25) is 0 Å². The van der Waals surface area contributed by atoms with Crippen molar-refractivity contribution in [2.75, 3.05) is 23.7 Å². The van der Waals surface area contributed by atoms with Crippen molar-refractivity contribution < 1.29 is 4.79 Å². The molecular formula is C14H15N3OS. The molecule has 3 rings (SSSR count). The Labute approximate surface area is 116 Å². The molecule has 2 amide bonds. The van der Waals surface area contributed by atoms with Gasteiger partial charge in [0.15, 0.2) is 0 Å². The zero-order chi connectivity index (χ0) is 13.2. The highest BCUT2D eigenvalue weighted by molar-refractivity contribution is 7.07. The van der Waals surface area contributed by atoms with Gasteiger partial charge in [-0.1, -0.05) is 12.1 Å². The fourth-order valence-electron chi connectivity index (χ4n) is 2.29. The third-order valence-corrected chi connectivity index (χ3v) is 4.01. The van der Waals surface area contributed by atoms with Gasteiger partial charge < -0.3 is 10.6 Å². The molecule has 2 heterocycles. The van der Waals surface area contributed by atoms with Gasteiger partial charge in [0, 0.05) is 19.6 Å². The van der Waals surface area contributed by atoms with Crippen molar-refractivity contribution in [1.29, 1.82) is 0 Å². The van der Waals surface area contributed by atoms with Crippen LogP contribution >= 0.6 is 11.3 Å². The fraction of sp³-hybridized carbons (Fsp3) is 0.214. The number of para-hydroxylation sites is 2. The molecule has 0 atom stereocenters. The Morgan fingerprint density at radius 1 is 1.21 bits per heavy atom. The predicted molar refractivity (Wildman–Crippen MR) is 78.3 cm³/mol. The zero-order valence-corrected chi connectivity index (χ0v) is 11.3. The maximum Gasteiger partial charge on any atom is 0.324 e. The normalized spacial score (nSPS) is 15.3. The smallest absolute Gasteiger partial charge is 0.324 e. The molecule has 1 aliphatic rings. The Kier molecular flexibility index (Phi) is 3.13. The van der Waals surface area contributed by atoms with E-state index in [0.29, 0.717) is 18.8 Å². The average molecular weight is 273 g/mol. The Bertz CT molecular complexity index is 582. The third kappa shape index (κ3) is 2.29. The lowest BCUT2D eigenvalue weighted by Gasteiger charge is -2.19. The Hall–Kier alpha value is -2.01. The number of nitrogens with zero attached hydrogens (tertiary/aromatic N) is 2. The fourth-order valence-corrected chi connectivity index (χ4v) is 2.95. The van der Waals surface area contributed by atoms with E-state index in [2.05, 4.69) is 11.4 Å². The molecule has 2 aromatic rings. The SMILES string of the molecule is Nc1ccccc1N1CCN(Cc2ccsc2)C1=O. The van der Waals surface area contributed by atoms with Crippen LogP contribution < -0.4 is 10.6 Å². The molecule has 0 bridgehead atoms. The summed E-state index contributed by atoms with van der Waals surface area (Å²) < 4.78 is 0. The highest BCUT2D eigenvalue weighted by Crippen LogP contribution is 2.27. The lowest BCUT2D eigenvalue weighted by atomic mass is 10.2. The summed E-state index contributed by atoms with van der Waals surface area (Å²) in [5, 5.41) is 4.11. The molecule has 0 radical (unpaired) electrons. The minimum atomic E-state index is 0.0316. The van der Waals surface area contributed by atoms with E-state index in [9.17, 15) is 4.79 Å². The number of nitrogen functional groups attached to an aromatic ring is 1. The van der Waals surface area contributed by atoms with Crippen molar-refractivity contribution >= 4 is 28.7 Å². The van der Waals surface area contributed by atoms with Gasteiger partial charge in [0.1, 0.15) is 0 Å². The maximum absolute atomic E-state index is 12.4. The topological polar surface area (TPSA) is 49.6 Å². The molecule has 1 aliphatic heterocycles. The monoisotopic (exact) mass is 273 g/mol. The first-order valence-corrected chi connectivity index (χ1v) is 7.12. The molecule has 98 valence electrons. The molecule has 1 aromatic heterocycles. The molecule has 0 saturated carbocycles. The number of hydrogen-bond acceptors (Lipinski definition) is 3. The number of thiophene rings is 1. The van der Waals surface area contributed by atoms with Crippen LogP contribution in [0.15, 0.2) is 41.1 Å². The summed E-state index contributed by atoms with van der Waals surface area (Å²) in [5.41, 5.74) is 8.57. The van der Waals surface area contributed by atoms with Crippen LogP contribution in [-0.2, 0) is 6.54 Å². The van der Waals surface area contributed by atoms with Gasteiger partial charge in [0.05, 0.1) is 11.4 Å². The number of rotatable bonds is 3. The average Bonchev–Trinajstić information content (AvgIpc) is 3.03. The lowest BCUT2D eigenvalue weighted by molar-refractivity contribution is 0.219. The number of carbonyl (C=O) groups excluding carboxylic acids is 1. The number of anilines is 2. The molecule has 1 saturated heterocycles. The molecule has 0 aliphatic carbocycles. The van der Waals surface area contributed by atoms with Crippen LogP contribution in [0.3, 0.4) is 0 Å². The first-order chi connectivity index (χ1) is 9.25. The highest BCUT2D eigenvalue weighted by Gasteiger charge is 2.30. The van der Waals surface area contributed by atoms with Crippen molar-refractivity contribution in [2.24, 2.45) is 0 Å². The molecule has 4 nitrogen and oxygen atoms in total. The molecule has 0 spiro atoms. The van der Waals surface area contributed by atoms with Crippen LogP contribution in [0, 0.1) is 0 Å². The molecule has 1 aromatic carbocycles. The second kappa shape index (κ2) is 4.93. The quantitative estimate of drug-likeness (QED) is 0.874. The van der Waals surface area contributed by atoms with Crippen LogP contribution in [0.1, 0.15) is 5.56 Å². The van der Waals surface area contributed by atoms with Gasteiger partial charge in [-0.3, -0.25) is 4.90 Å². The number of benzene rings is 1. The van der Waals surface area contributed by atoms with Gasteiger partial charge in [0.25, 0.3) is 0 Å². The third-order valence-electron chi connectivity index (χ3n) is 3.28. The highest BCUT2D eigenvalue weighted by atomic mass is 32.1. The van der Waals surface area contributed by atoms with Crippen molar-refractivity contribution in [3.05, 3.63) is 46.7 Å². The molecule has 1 fully saturated rings. The number of amides is 2. The minimum Gasteiger partial charge on any atom is -0.397 e. The van der Waals surface area contributed by atoms with E-state index in [0.717, 1.165) is 12.2 Å². The van der Waals surface area contributed by atoms with Gasteiger partial charge in [-0.25, -0.2) is 4.79 Å². The Balaban J connectivity index is 1.77. The van der Waals surface area contributed by atoms with Crippen molar-refractivity contribution in [3.8, 4) is 0 Å². The largest absolute Gasteiger partial charge is 0.397 e. The van der Waals surface area contributed by atoms with Crippen LogP contribution in [0.5, 0.6) is 0 Å². The van der Waals surface area contributed by atoms with E-state index < -0.39 is 0 Å². The van der Waals surface area contributed by atoms with E-state index >= 15 is 0 Å². The number of hydrogen-bond donors (Lipinski definition) is 1. The Morgan fingerprint density at radius 3 is 2.79 bits per heavy atom. The zero-order valence-electron chi connectivity index (χ0n) is 10.5. The van der Waals surface area contributed by atoms with E-state index in [1.54, 1.807) is 16.2 Å². The molecule has 19 heavy (non-hydrogen) atoms. The summed E-state index contributed by atoms with van der Waals surface area (Å²) in [6.45, 7) is 2.10. The summed E-state index contributed by atoms with van der Waals surface area (Å²) in [6.07, 6.45) is 0. The van der Waals surface area contributed by atoms with Crippen LogP contribution in [0.4, 0.5) is 16.2 Å². The van der Waals surface area contributed by atoms with E-state index in [1.807, 2.05) is 34.5 Å². The molecule has 2 N–H and O–H groups in total.